The number of amides is 1. The lowest BCUT2D eigenvalue weighted by Gasteiger charge is -2.24. The van der Waals surface area contributed by atoms with Gasteiger partial charge in [0.2, 0.25) is 11.9 Å². The normalized spacial score (nSPS) is 10.3. The predicted molar refractivity (Wildman–Crippen MR) is 86.7 cm³/mol. The summed E-state index contributed by atoms with van der Waals surface area (Å²) in [5, 5.41) is 3.18. The van der Waals surface area contributed by atoms with Crippen molar-refractivity contribution in [3.63, 3.8) is 0 Å². The van der Waals surface area contributed by atoms with Gasteiger partial charge in [-0.1, -0.05) is 6.92 Å². The van der Waals surface area contributed by atoms with Crippen molar-refractivity contribution >= 4 is 17.7 Å². The van der Waals surface area contributed by atoms with Gasteiger partial charge in [-0.3, -0.25) is 4.79 Å². The van der Waals surface area contributed by atoms with E-state index in [2.05, 4.69) is 22.2 Å². The van der Waals surface area contributed by atoms with Crippen LogP contribution in [0.25, 0.3) is 0 Å². The minimum absolute atomic E-state index is 0.113. The third-order valence-electron chi connectivity index (χ3n) is 3.25. The molecular weight excluding hydrogens is 266 g/mol. The zero-order valence-corrected chi connectivity index (χ0v) is 13.8. The maximum atomic E-state index is 12.2. The molecule has 0 aliphatic rings. The molecule has 0 saturated heterocycles. The van der Waals surface area contributed by atoms with E-state index in [0.717, 1.165) is 37.6 Å². The van der Waals surface area contributed by atoms with E-state index >= 15 is 0 Å². The number of nitrogens with one attached hydrogen (secondary N) is 1. The molecule has 0 unspecified atom stereocenters. The van der Waals surface area contributed by atoms with Crippen molar-refractivity contribution in [2.24, 2.45) is 0 Å². The molecule has 1 aromatic rings. The van der Waals surface area contributed by atoms with Crippen LogP contribution in [0.3, 0.4) is 0 Å². The molecule has 6 heteroatoms. The van der Waals surface area contributed by atoms with Crippen LogP contribution in [0, 0.1) is 6.92 Å². The maximum Gasteiger partial charge on any atom is 0.242 e. The van der Waals surface area contributed by atoms with Crippen LogP contribution in [0.4, 0.5) is 11.8 Å². The van der Waals surface area contributed by atoms with Crippen molar-refractivity contribution in [3.8, 4) is 0 Å². The molecule has 1 amide bonds. The Balaban J connectivity index is 2.79. The van der Waals surface area contributed by atoms with E-state index in [-0.39, 0.29) is 5.91 Å². The van der Waals surface area contributed by atoms with Crippen LogP contribution in [0.5, 0.6) is 0 Å². The molecule has 118 valence electrons. The second kappa shape index (κ2) is 8.44. The second-order valence-electron chi connectivity index (χ2n) is 5.04. The molecule has 0 aromatic carbocycles. The molecule has 0 radical (unpaired) electrons. The largest absolute Gasteiger partial charge is 0.354 e. The topological polar surface area (TPSA) is 61.4 Å². The number of nitrogens with zero attached hydrogens (tertiary/aromatic N) is 4. The first-order valence-electron chi connectivity index (χ1n) is 7.60. The highest BCUT2D eigenvalue weighted by Crippen LogP contribution is 2.13. The van der Waals surface area contributed by atoms with E-state index in [1.165, 1.54) is 0 Å². The lowest BCUT2D eigenvalue weighted by Crippen LogP contribution is -2.39. The Morgan fingerprint density at radius 3 is 2.48 bits per heavy atom. The first-order chi connectivity index (χ1) is 10.0. The number of carbonyl (C=O) groups excluding carboxylic acids is 1. The van der Waals surface area contributed by atoms with Crippen molar-refractivity contribution < 1.29 is 4.79 Å². The van der Waals surface area contributed by atoms with Crippen molar-refractivity contribution in [1.29, 1.82) is 0 Å². The summed E-state index contributed by atoms with van der Waals surface area (Å²) in [5.74, 6) is 1.50. The summed E-state index contributed by atoms with van der Waals surface area (Å²) in [7, 11) is 1.88. The van der Waals surface area contributed by atoms with Crippen LogP contribution < -0.4 is 10.2 Å². The molecule has 0 atom stereocenters. The van der Waals surface area contributed by atoms with E-state index < -0.39 is 0 Å². The number of anilines is 2. The highest BCUT2D eigenvalue weighted by atomic mass is 16.2. The first kappa shape index (κ1) is 17.2. The summed E-state index contributed by atoms with van der Waals surface area (Å²) in [4.78, 5) is 24.7. The molecular formula is C15H27N5O. The van der Waals surface area contributed by atoms with Gasteiger partial charge in [0.15, 0.2) is 0 Å². The number of rotatable bonds is 8. The van der Waals surface area contributed by atoms with Crippen LogP contribution in [0.15, 0.2) is 6.07 Å². The number of aromatic nitrogens is 2. The smallest absolute Gasteiger partial charge is 0.242 e. The number of likely N-dealkylation sites (N-methyl/N-ethyl adjacent to an activating group) is 2. The third kappa shape index (κ3) is 5.21. The quantitative estimate of drug-likeness (QED) is 0.793. The Morgan fingerprint density at radius 1 is 1.24 bits per heavy atom. The van der Waals surface area contributed by atoms with E-state index in [1.54, 1.807) is 0 Å². The Hall–Kier alpha value is -1.85. The molecule has 0 saturated carbocycles. The Morgan fingerprint density at radius 2 is 1.90 bits per heavy atom. The zero-order chi connectivity index (χ0) is 15.8. The molecule has 1 aromatic heterocycles. The SMILES string of the molecule is CCCNc1nc(C)cc(N(C)CC(=O)N(CC)CC)n1. The molecule has 1 N–H and O–H groups in total. The van der Waals surface area contributed by atoms with Crippen molar-refractivity contribution in [2.75, 3.05) is 43.4 Å². The van der Waals surface area contributed by atoms with E-state index in [0.29, 0.717) is 12.5 Å². The lowest BCUT2D eigenvalue weighted by atomic mass is 10.3. The van der Waals surface area contributed by atoms with Crippen LogP contribution >= 0.6 is 0 Å². The minimum Gasteiger partial charge on any atom is -0.354 e. The van der Waals surface area contributed by atoms with Gasteiger partial charge in [-0.15, -0.1) is 0 Å². The summed E-state index contributed by atoms with van der Waals surface area (Å²) in [6, 6.07) is 1.90. The summed E-state index contributed by atoms with van der Waals surface area (Å²) in [6.07, 6.45) is 1.02. The maximum absolute atomic E-state index is 12.2. The van der Waals surface area contributed by atoms with Crippen LogP contribution in [-0.4, -0.2) is 54.0 Å². The molecule has 1 heterocycles. The summed E-state index contributed by atoms with van der Waals surface area (Å²) in [5.41, 5.74) is 0.890. The van der Waals surface area contributed by atoms with Crippen molar-refractivity contribution in [3.05, 3.63) is 11.8 Å². The van der Waals surface area contributed by atoms with E-state index in [1.807, 2.05) is 43.7 Å². The van der Waals surface area contributed by atoms with Gasteiger partial charge in [-0.2, -0.15) is 4.98 Å². The number of hydrogen-bond acceptors (Lipinski definition) is 5. The fraction of sp³-hybridized carbons (Fsp3) is 0.667. The van der Waals surface area contributed by atoms with Gasteiger partial charge in [-0.25, -0.2) is 4.98 Å². The molecule has 1 rings (SSSR count). The molecule has 0 aliphatic carbocycles. The summed E-state index contributed by atoms with van der Waals surface area (Å²) >= 11 is 0. The average molecular weight is 293 g/mol. The number of carbonyl (C=O) groups is 1. The average Bonchev–Trinajstić information content (AvgIpc) is 2.45. The van der Waals surface area contributed by atoms with Crippen LogP contribution in [0.1, 0.15) is 32.9 Å². The highest BCUT2D eigenvalue weighted by molar-refractivity contribution is 5.81. The van der Waals surface area contributed by atoms with Gasteiger partial charge >= 0.3 is 0 Å². The monoisotopic (exact) mass is 293 g/mol. The number of hydrogen-bond donors (Lipinski definition) is 1. The predicted octanol–water partition coefficient (Wildman–Crippen LogP) is 1.91. The fourth-order valence-corrected chi connectivity index (χ4v) is 2.02. The fourth-order valence-electron chi connectivity index (χ4n) is 2.02. The summed E-state index contributed by atoms with van der Waals surface area (Å²) in [6.45, 7) is 10.6. The van der Waals surface area contributed by atoms with Crippen molar-refractivity contribution in [2.45, 2.75) is 34.1 Å². The van der Waals surface area contributed by atoms with Crippen LogP contribution in [-0.2, 0) is 4.79 Å². The minimum atomic E-state index is 0.113. The van der Waals surface area contributed by atoms with Gasteiger partial charge in [-0.05, 0) is 27.2 Å². The highest BCUT2D eigenvalue weighted by Gasteiger charge is 2.14. The molecule has 0 fully saturated rings. The summed E-state index contributed by atoms with van der Waals surface area (Å²) < 4.78 is 0. The first-order valence-corrected chi connectivity index (χ1v) is 7.60. The lowest BCUT2D eigenvalue weighted by molar-refractivity contribution is -0.129. The molecule has 21 heavy (non-hydrogen) atoms. The van der Waals surface area contributed by atoms with Gasteiger partial charge in [0.05, 0.1) is 6.54 Å². The Bertz CT molecular complexity index is 459. The van der Waals surface area contributed by atoms with E-state index in [4.69, 9.17) is 0 Å². The van der Waals surface area contributed by atoms with Crippen molar-refractivity contribution in [1.82, 2.24) is 14.9 Å². The molecule has 0 spiro atoms. The van der Waals surface area contributed by atoms with Gasteiger partial charge in [0.25, 0.3) is 0 Å². The molecule has 0 aliphatic heterocycles. The Labute approximate surface area is 127 Å². The van der Waals surface area contributed by atoms with Gasteiger partial charge < -0.3 is 15.1 Å². The van der Waals surface area contributed by atoms with Crippen LogP contribution in [0.2, 0.25) is 0 Å². The number of aryl methyl sites for hydroxylation is 1. The standard InChI is InChI=1S/C15H27N5O/c1-6-9-16-15-17-12(4)10-13(18-15)19(5)11-14(21)20(7-2)8-3/h10H,6-9,11H2,1-5H3,(H,16,17,18). The Kier molecular flexibility index (Phi) is 6.91. The van der Waals surface area contributed by atoms with Gasteiger partial charge in [0, 0.05) is 38.4 Å². The second-order valence-corrected chi connectivity index (χ2v) is 5.04. The zero-order valence-electron chi connectivity index (χ0n) is 13.8. The molecule has 0 bridgehead atoms. The van der Waals surface area contributed by atoms with Gasteiger partial charge in [0.1, 0.15) is 5.82 Å². The third-order valence-corrected chi connectivity index (χ3v) is 3.25. The molecule has 6 nitrogen and oxygen atoms in total. The van der Waals surface area contributed by atoms with E-state index in [9.17, 15) is 4.79 Å².